The van der Waals surface area contributed by atoms with Gasteiger partial charge in [0.15, 0.2) is 15.7 Å². The lowest BCUT2D eigenvalue weighted by Gasteiger charge is -2.23. The smallest absolute Gasteiger partial charge is 0.170 e. The Kier molecular flexibility index (Phi) is 4.29. The van der Waals surface area contributed by atoms with E-state index in [1.54, 1.807) is 6.07 Å². The van der Waals surface area contributed by atoms with Gasteiger partial charge in [-0.25, -0.2) is 8.42 Å². The Hall–Kier alpha value is -1.60. The summed E-state index contributed by atoms with van der Waals surface area (Å²) in [5.74, 6) is 0.563. The van der Waals surface area contributed by atoms with Crippen molar-refractivity contribution in [1.82, 2.24) is 4.90 Å². The fraction of sp³-hybridized carbons (Fsp3) is 0.462. The Labute approximate surface area is 118 Å². The van der Waals surface area contributed by atoms with Gasteiger partial charge in [0.2, 0.25) is 0 Å². The van der Waals surface area contributed by atoms with Gasteiger partial charge in [-0.2, -0.15) is 0 Å². The summed E-state index contributed by atoms with van der Waals surface area (Å²) in [4.78, 5) is 2.04. The number of nitrogens with two attached hydrogens (primary N) is 1. The highest BCUT2D eigenvalue weighted by molar-refractivity contribution is 7.91. The summed E-state index contributed by atoms with van der Waals surface area (Å²) in [5.41, 5.74) is 7.21. The first-order valence-corrected chi connectivity index (χ1v) is 8.21. The fourth-order valence-electron chi connectivity index (χ4n) is 2.43. The van der Waals surface area contributed by atoms with Crippen LogP contribution >= 0.6 is 0 Å². The molecule has 0 spiro atoms. The van der Waals surface area contributed by atoms with Crippen molar-refractivity contribution in [3.8, 4) is 0 Å². The highest BCUT2D eigenvalue weighted by Gasteiger charge is 2.30. The summed E-state index contributed by atoms with van der Waals surface area (Å²) in [6, 6.07) is 7.44. The molecule has 1 heterocycles. The predicted octanol–water partition coefficient (Wildman–Crippen LogP) is 0.400. The lowest BCUT2D eigenvalue weighted by atomic mass is 10.1. The van der Waals surface area contributed by atoms with Crippen LogP contribution in [0, 0.1) is 0 Å². The van der Waals surface area contributed by atoms with Crippen molar-refractivity contribution in [2.45, 2.75) is 19.0 Å². The summed E-state index contributed by atoms with van der Waals surface area (Å²) >= 11 is 0. The number of hydrogen-bond donors (Lipinski definition) is 2. The normalized spacial score (nSPS) is 22.3. The minimum absolute atomic E-state index is 0.0625. The fourth-order valence-corrected chi connectivity index (χ4v) is 4.23. The van der Waals surface area contributed by atoms with Crippen LogP contribution in [0.4, 0.5) is 0 Å². The molecule has 3 N–H and O–H groups in total. The van der Waals surface area contributed by atoms with E-state index in [-0.39, 0.29) is 23.4 Å². The minimum atomic E-state index is -2.87. The number of oxime groups is 1. The lowest BCUT2D eigenvalue weighted by molar-refractivity contribution is 0.254. The van der Waals surface area contributed by atoms with Gasteiger partial charge in [-0.1, -0.05) is 23.4 Å². The Morgan fingerprint density at radius 2 is 2.30 bits per heavy atom. The first kappa shape index (κ1) is 14.8. The summed E-state index contributed by atoms with van der Waals surface area (Å²) in [6.45, 7) is 0.632. The molecule has 1 saturated heterocycles. The third-order valence-electron chi connectivity index (χ3n) is 3.59. The summed E-state index contributed by atoms with van der Waals surface area (Å²) < 4.78 is 23.0. The molecule has 6 nitrogen and oxygen atoms in total. The Morgan fingerprint density at radius 1 is 1.55 bits per heavy atom. The van der Waals surface area contributed by atoms with Crippen molar-refractivity contribution >= 4 is 15.7 Å². The zero-order valence-corrected chi connectivity index (χ0v) is 12.2. The van der Waals surface area contributed by atoms with Crippen molar-refractivity contribution in [3.63, 3.8) is 0 Å². The van der Waals surface area contributed by atoms with Gasteiger partial charge in [-0.15, -0.1) is 0 Å². The SMILES string of the molecule is CN(Cc1cccc(/C(N)=N/O)c1)C1CCS(=O)(=O)C1. The number of rotatable bonds is 4. The Morgan fingerprint density at radius 3 is 2.90 bits per heavy atom. The second kappa shape index (κ2) is 5.80. The van der Waals surface area contributed by atoms with Crippen LogP contribution in [-0.2, 0) is 16.4 Å². The van der Waals surface area contributed by atoms with Crippen molar-refractivity contribution in [2.24, 2.45) is 10.9 Å². The van der Waals surface area contributed by atoms with Crippen molar-refractivity contribution in [3.05, 3.63) is 35.4 Å². The van der Waals surface area contributed by atoms with E-state index in [2.05, 4.69) is 5.16 Å². The van der Waals surface area contributed by atoms with E-state index in [0.717, 1.165) is 5.56 Å². The van der Waals surface area contributed by atoms with Gasteiger partial charge in [0.25, 0.3) is 0 Å². The molecule has 0 aromatic heterocycles. The summed E-state index contributed by atoms with van der Waals surface area (Å²) in [6.07, 6.45) is 0.679. The molecule has 0 aliphatic carbocycles. The average Bonchev–Trinajstić information content (AvgIpc) is 2.78. The van der Waals surface area contributed by atoms with Gasteiger partial charge in [0.1, 0.15) is 0 Å². The van der Waals surface area contributed by atoms with Gasteiger partial charge in [0, 0.05) is 18.2 Å². The van der Waals surface area contributed by atoms with E-state index in [9.17, 15) is 8.42 Å². The number of amidine groups is 1. The van der Waals surface area contributed by atoms with Gasteiger partial charge in [0.05, 0.1) is 11.5 Å². The van der Waals surface area contributed by atoms with E-state index in [1.165, 1.54) is 0 Å². The van der Waals surface area contributed by atoms with Crippen LogP contribution in [0.15, 0.2) is 29.4 Å². The Balaban J connectivity index is 2.07. The number of hydrogen-bond acceptors (Lipinski definition) is 5. The zero-order chi connectivity index (χ0) is 14.8. The van der Waals surface area contributed by atoms with Crippen LogP contribution in [0.25, 0.3) is 0 Å². The van der Waals surface area contributed by atoms with E-state index in [0.29, 0.717) is 18.5 Å². The van der Waals surface area contributed by atoms with Crippen molar-refractivity contribution in [1.29, 1.82) is 0 Å². The maximum absolute atomic E-state index is 11.5. The molecule has 1 fully saturated rings. The first-order chi connectivity index (χ1) is 9.41. The molecule has 1 aromatic rings. The largest absolute Gasteiger partial charge is 0.409 e. The molecule has 1 atom stereocenters. The van der Waals surface area contributed by atoms with E-state index >= 15 is 0 Å². The molecule has 0 radical (unpaired) electrons. The molecule has 0 amide bonds. The number of nitrogens with zero attached hydrogens (tertiary/aromatic N) is 2. The third-order valence-corrected chi connectivity index (χ3v) is 5.34. The van der Waals surface area contributed by atoms with E-state index in [1.807, 2.05) is 30.1 Å². The van der Waals surface area contributed by atoms with Gasteiger partial charge in [-0.05, 0) is 25.1 Å². The second-order valence-electron chi connectivity index (χ2n) is 5.16. The molecule has 1 aliphatic rings. The van der Waals surface area contributed by atoms with Gasteiger partial charge >= 0.3 is 0 Å². The molecular weight excluding hydrogens is 278 g/mol. The van der Waals surface area contributed by atoms with Gasteiger partial charge in [-0.3, -0.25) is 4.90 Å². The molecule has 20 heavy (non-hydrogen) atoms. The van der Waals surface area contributed by atoms with Gasteiger partial charge < -0.3 is 10.9 Å². The molecule has 2 rings (SSSR count). The van der Waals surface area contributed by atoms with Crippen molar-refractivity contribution in [2.75, 3.05) is 18.6 Å². The first-order valence-electron chi connectivity index (χ1n) is 6.39. The maximum atomic E-state index is 11.5. The van der Waals surface area contributed by atoms with Crippen LogP contribution in [0.3, 0.4) is 0 Å². The quantitative estimate of drug-likeness (QED) is 0.363. The Bertz CT molecular complexity index is 613. The average molecular weight is 297 g/mol. The molecule has 0 saturated carbocycles. The lowest BCUT2D eigenvalue weighted by Crippen LogP contribution is -2.32. The van der Waals surface area contributed by atoms with Crippen LogP contribution in [0.1, 0.15) is 17.5 Å². The molecule has 1 unspecified atom stereocenters. The summed E-state index contributed by atoms with van der Waals surface area (Å²) in [5, 5.41) is 11.7. The molecular formula is C13H19N3O3S. The highest BCUT2D eigenvalue weighted by atomic mass is 32.2. The summed E-state index contributed by atoms with van der Waals surface area (Å²) in [7, 11) is -0.954. The number of benzene rings is 1. The zero-order valence-electron chi connectivity index (χ0n) is 11.4. The van der Waals surface area contributed by atoms with Crippen LogP contribution < -0.4 is 5.73 Å². The third kappa shape index (κ3) is 3.49. The molecule has 7 heteroatoms. The minimum Gasteiger partial charge on any atom is -0.409 e. The van der Waals surface area contributed by atoms with Crippen molar-refractivity contribution < 1.29 is 13.6 Å². The highest BCUT2D eigenvalue weighted by Crippen LogP contribution is 2.18. The topological polar surface area (TPSA) is 96.0 Å². The molecule has 0 bridgehead atoms. The molecule has 1 aliphatic heterocycles. The second-order valence-corrected chi connectivity index (χ2v) is 7.39. The van der Waals surface area contributed by atoms with Crippen LogP contribution in [0.2, 0.25) is 0 Å². The van der Waals surface area contributed by atoms with Crippen LogP contribution in [-0.4, -0.2) is 49.0 Å². The van der Waals surface area contributed by atoms with Crippen LogP contribution in [0.5, 0.6) is 0 Å². The standard InChI is InChI=1S/C13H19N3O3S/c1-16(12-5-6-20(18,19)9-12)8-10-3-2-4-11(7-10)13(14)15-17/h2-4,7,12,17H,5-6,8-9H2,1H3,(H2,14,15). The monoisotopic (exact) mass is 297 g/mol. The van der Waals surface area contributed by atoms with E-state index in [4.69, 9.17) is 10.9 Å². The maximum Gasteiger partial charge on any atom is 0.170 e. The molecule has 1 aromatic carbocycles. The van der Waals surface area contributed by atoms with E-state index < -0.39 is 9.84 Å². The molecule has 110 valence electrons. The number of sulfone groups is 1. The predicted molar refractivity (Wildman–Crippen MR) is 77.5 cm³/mol.